The van der Waals surface area contributed by atoms with Gasteiger partial charge >= 0.3 is 35.8 Å². The van der Waals surface area contributed by atoms with Crippen molar-refractivity contribution in [2.75, 3.05) is 82.3 Å². The smallest absolute Gasteiger partial charge is 0.337 e. The Morgan fingerprint density at radius 3 is 1.11 bits per heavy atom. The molecule has 0 amide bonds. The van der Waals surface area contributed by atoms with Gasteiger partial charge in [0.2, 0.25) is 18.4 Å². The van der Waals surface area contributed by atoms with Gasteiger partial charge in [-0.05, 0) is 104 Å². The molecule has 16 aliphatic rings. The van der Waals surface area contributed by atoms with Gasteiger partial charge in [-0.15, -0.1) is 11.6 Å². The number of esters is 6. The zero-order valence-corrected chi connectivity index (χ0v) is 77.6. The van der Waals surface area contributed by atoms with Crippen molar-refractivity contribution < 1.29 is 159 Å². The fraction of sp³-hybridized carbons (Fsp3) is 0.741. The van der Waals surface area contributed by atoms with Gasteiger partial charge in [0, 0.05) is 42.4 Å². The highest BCUT2D eigenvalue weighted by molar-refractivity contribution is 6.75. The van der Waals surface area contributed by atoms with Crippen molar-refractivity contribution in [2.45, 2.75) is 245 Å². The molecule has 0 bridgehead atoms. The Morgan fingerprint density at radius 2 is 0.746 bits per heavy atom. The van der Waals surface area contributed by atoms with Crippen molar-refractivity contribution in [1.82, 2.24) is 0 Å². The molecule has 33 nitrogen and oxygen atoms in total. The van der Waals surface area contributed by atoms with E-state index in [-0.39, 0.29) is 156 Å². The highest BCUT2D eigenvalue weighted by Crippen LogP contribution is 2.65. The molecule has 0 radical (unpaired) electrons. The van der Waals surface area contributed by atoms with Crippen LogP contribution in [-0.2, 0) is 118 Å². The third kappa shape index (κ3) is 17.5. The summed E-state index contributed by atoms with van der Waals surface area (Å²) in [6, 6.07) is 0. The second kappa shape index (κ2) is 35.8. The molecule has 16 rings (SSSR count). The molecule has 684 valence electrons. The van der Waals surface area contributed by atoms with Gasteiger partial charge in [0.15, 0.2) is 43.8 Å². The summed E-state index contributed by atoms with van der Waals surface area (Å²) in [4.78, 5) is 70.9. The number of carbonyl (C=O) groups excluding carboxylic acids is 6. The molecule has 122 heavy (non-hydrogen) atoms. The fourth-order valence-electron chi connectivity index (χ4n) is 19.1. The van der Waals surface area contributed by atoms with Crippen LogP contribution >= 0.6 is 11.6 Å². The zero-order chi connectivity index (χ0) is 90.3. The molecule has 0 aromatic carbocycles. The number of allylic oxidation sites excluding steroid dienone is 2. The Hall–Kier alpha value is -6.12. The Kier molecular flexibility index (Phi) is 28.4. The predicted octanol–water partition coefficient (Wildman–Crippen LogP) is 7.25. The van der Waals surface area contributed by atoms with Crippen LogP contribution in [0.2, 0.25) is 54.4 Å². The van der Waals surface area contributed by atoms with E-state index in [4.69, 9.17) is 96.3 Å². The van der Waals surface area contributed by atoms with Crippen LogP contribution in [0.3, 0.4) is 0 Å². The zero-order valence-electron chi connectivity index (χ0n) is 73.9. The van der Waals surface area contributed by atoms with Crippen LogP contribution in [0, 0.1) is 71.0 Å². The van der Waals surface area contributed by atoms with Crippen molar-refractivity contribution in [2.24, 2.45) is 71.0 Å². The van der Waals surface area contributed by atoms with E-state index >= 15 is 0 Å². The molecule has 26 atom stereocenters. The average Bonchev–Trinajstić information content (AvgIpc) is 1.54. The Balaban J connectivity index is 0.000000144. The summed E-state index contributed by atoms with van der Waals surface area (Å²) >= 11 is 6.23. The lowest BCUT2D eigenvalue weighted by atomic mass is 9.78. The van der Waals surface area contributed by atoms with Gasteiger partial charge in [-0.1, -0.05) is 74.5 Å². The standard InChI is InChI=1S/2C17H28O6Si.C17H28O5Si.C12H15ClO5.C11H14O6.C11H14O5/c2*1-16(2,3)24(5,6)23-15-13-10(7-12-17(13,9-18)22-12)11(8-21-15)14(19)20-4;1-17(2,3)23(5,6)22-16-14-11(9-18)7-8-12(14)13(10-21-16)15(19)20-4;1-11-9-6(7(4-17-11)10(14)16-2)3-8(13)12(9,15)5-18-11;1-15-9(13)6-3-16-10(14)8-5(6)2-7-11(8,4-12)17-7;1-15-10(13)8-5-16-11(14)9-6(4-12)2-3-7(8)9/h2*8,10,12-13,15,18H,7,9H2,1-6H3;7,10,12,14,16,18H,8-9H2,1-6H3;4,6,8-9,15H,3,5H2,1-2H3;3,5,7-8,10,12,14H,2,4H2,1H3;2,5,7,9,11-12,14H,3-4H2,1H3/t2*10-,12+,13-,15+,17+;12-,14-,16+;6-,8-,9-,11-,12+;5?,7-,8?,10?,11-;7-,9-,11-/m111101/s1. The van der Waals surface area contributed by atoms with Crippen molar-refractivity contribution >= 4 is 72.4 Å². The summed E-state index contributed by atoms with van der Waals surface area (Å²) in [5, 5.41) is 77.8. The summed E-state index contributed by atoms with van der Waals surface area (Å²) in [6.07, 6.45) is 12.3. The summed E-state index contributed by atoms with van der Waals surface area (Å²) in [5.74, 6) is -5.71. The van der Waals surface area contributed by atoms with Gasteiger partial charge in [-0.25, -0.2) is 28.8 Å². The average molecular weight is 1800 g/mol. The number of methoxy groups -OCH3 is 6. The van der Waals surface area contributed by atoms with Gasteiger partial charge in [0.05, 0.1) is 213 Å². The molecule has 37 heteroatoms. The second-order valence-corrected chi connectivity index (χ2v) is 53.5. The van der Waals surface area contributed by atoms with E-state index in [1.54, 1.807) is 6.92 Å². The quantitative estimate of drug-likeness (QED) is 0.0177. The molecule has 10 aliphatic heterocycles. The third-order valence-electron chi connectivity index (χ3n) is 29.3. The van der Waals surface area contributed by atoms with Crippen molar-refractivity contribution in [3.8, 4) is 0 Å². The molecule has 8 N–H and O–H groups in total. The van der Waals surface area contributed by atoms with E-state index in [2.05, 4.69) is 111 Å². The highest BCUT2D eigenvalue weighted by Gasteiger charge is 2.76. The maximum Gasteiger partial charge on any atom is 0.337 e. The Labute approximate surface area is 720 Å². The molecule has 3 unspecified atom stereocenters. The topological polar surface area (TPSA) is 450 Å². The van der Waals surface area contributed by atoms with Crippen molar-refractivity contribution in [3.05, 3.63) is 94.3 Å². The summed E-state index contributed by atoms with van der Waals surface area (Å²) in [5.41, 5.74) is 1.22. The normalized spacial score (nSPS) is 38.1. The molecule has 4 saturated carbocycles. The maximum atomic E-state index is 12.1. The maximum absolute atomic E-state index is 12.1. The molecular weight excluding hydrogens is 1670 g/mol. The minimum absolute atomic E-state index is 0.0347. The van der Waals surface area contributed by atoms with Gasteiger partial charge in [-0.2, -0.15) is 0 Å². The van der Waals surface area contributed by atoms with Crippen LogP contribution < -0.4 is 0 Å². The van der Waals surface area contributed by atoms with E-state index in [1.165, 1.54) is 80.2 Å². The Morgan fingerprint density at radius 1 is 0.434 bits per heavy atom. The lowest BCUT2D eigenvalue weighted by molar-refractivity contribution is -0.203. The third-order valence-corrected chi connectivity index (χ3v) is 43.1. The van der Waals surface area contributed by atoms with Gasteiger partial charge < -0.3 is 130 Å². The van der Waals surface area contributed by atoms with Crippen LogP contribution in [0.25, 0.3) is 0 Å². The van der Waals surface area contributed by atoms with Crippen LogP contribution in [0.5, 0.6) is 0 Å². The first-order valence-electron chi connectivity index (χ1n) is 41.5. The largest absolute Gasteiger partial charge is 0.473 e. The number of hydrogen-bond donors (Lipinski definition) is 8. The lowest BCUT2D eigenvalue weighted by Crippen LogP contribution is -2.52. The van der Waals surface area contributed by atoms with Gasteiger partial charge in [0.1, 0.15) is 22.4 Å². The van der Waals surface area contributed by atoms with Crippen LogP contribution in [-0.4, -0.2) is 267 Å². The fourth-order valence-corrected chi connectivity index (χ4v) is 22.9. The molecule has 8 fully saturated rings. The van der Waals surface area contributed by atoms with E-state index in [9.17, 15) is 64.5 Å². The first kappa shape index (κ1) is 96.5. The number of aliphatic hydroxyl groups is 8. The molecule has 10 heterocycles. The highest BCUT2D eigenvalue weighted by atomic mass is 35.5. The summed E-state index contributed by atoms with van der Waals surface area (Å²) in [7, 11) is 1.85. The first-order valence-corrected chi connectivity index (χ1v) is 50.7. The number of ether oxygens (including phenoxy) is 16. The van der Waals surface area contributed by atoms with E-state index < -0.39 is 114 Å². The molecule has 0 spiro atoms. The van der Waals surface area contributed by atoms with Crippen LogP contribution in [0.4, 0.5) is 0 Å². The predicted molar refractivity (Wildman–Crippen MR) is 438 cm³/mol. The van der Waals surface area contributed by atoms with Gasteiger partial charge in [-0.3, -0.25) is 0 Å². The molecular formula is C85H127ClO33Si3. The summed E-state index contributed by atoms with van der Waals surface area (Å²) in [6.45, 7) is 33.9. The second-order valence-electron chi connectivity index (χ2n) is 38.7. The number of alkyl halides is 1. The van der Waals surface area contributed by atoms with E-state index in [1.807, 2.05) is 12.2 Å². The number of carbonyl (C=O) groups is 6. The molecule has 0 aromatic heterocycles. The minimum Gasteiger partial charge on any atom is -0.473 e. The first-order chi connectivity index (χ1) is 57.0. The van der Waals surface area contributed by atoms with E-state index in [0.717, 1.165) is 5.57 Å². The van der Waals surface area contributed by atoms with Crippen molar-refractivity contribution in [3.63, 3.8) is 0 Å². The monoisotopic (exact) mass is 1790 g/mol. The molecule has 0 aromatic rings. The lowest BCUT2D eigenvalue weighted by Gasteiger charge is -2.44. The Bertz CT molecular complexity index is 4080. The summed E-state index contributed by atoms with van der Waals surface area (Å²) < 4.78 is 104. The SMILES string of the molecule is COC(=O)C1=COC(O)C2C1C[C@@H]1O[C@]21CO.COC(=O)C1=CO[C@@H](O)[C@@H]2C(CO)=CC[C@H]12.COC(=O)C1=CO[C@@H](O[Si](C)(C)C(C)(C)C)[C@@H]2C(CO)=CC[C@H]12.COC(=O)C1=CO[C@@H](O[Si](C)(C)C(C)(C)C)[C@H]2[C@@H]1C[C@@H]1O[C@]21CO.COC(=O)C1=CO[C@@H](O[Si](C)(C)C(C)(C)C)[C@H]2[C@@H]1C[C@@H]1O[C@]21CO.COC(=O)C1=CO[C@]2(C)OC[C@]3(O)[C@H](Cl)C[C@H]1[C@H]23. The van der Waals surface area contributed by atoms with E-state index in [0.29, 0.717) is 77.5 Å². The number of halogens is 1. The number of fused-ring (bicyclic) bond motifs is 11. The van der Waals surface area contributed by atoms with Crippen LogP contribution in [0.15, 0.2) is 94.3 Å². The minimum atomic E-state index is -2.07. The number of hydrogen-bond acceptors (Lipinski definition) is 33. The molecule has 6 aliphatic carbocycles. The van der Waals surface area contributed by atoms with Crippen molar-refractivity contribution in [1.29, 1.82) is 0 Å². The number of aliphatic hydroxyl groups excluding tert-OH is 7. The number of epoxide rings is 3. The number of rotatable bonds is 17. The van der Waals surface area contributed by atoms with Crippen LogP contribution in [0.1, 0.15) is 108 Å². The van der Waals surface area contributed by atoms with Gasteiger partial charge in [0.25, 0.3) is 0 Å². The molecule has 4 saturated heterocycles.